The van der Waals surface area contributed by atoms with Gasteiger partial charge in [-0.3, -0.25) is 4.79 Å². The Hall–Kier alpha value is -3.61. The molecule has 2 N–H and O–H groups in total. The Morgan fingerprint density at radius 3 is 2.71 bits per heavy atom. The van der Waals surface area contributed by atoms with Crippen molar-refractivity contribution in [3.8, 4) is 11.5 Å². The second-order valence-electron chi connectivity index (χ2n) is 6.41. The molecule has 1 amide bonds. The normalized spacial score (nSPS) is 11.9. The van der Waals surface area contributed by atoms with Crippen LogP contribution >= 0.6 is 0 Å². The quantitative estimate of drug-likeness (QED) is 0.698. The van der Waals surface area contributed by atoms with E-state index in [1.54, 1.807) is 30.3 Å². The van der Waals surface area contributed by atoms with Crippen LogP contribution in [-0.4, -0.2) is 22.9 Å². The molecule has 1 aliphatic rings. The Bertz CT molecular complexity index is 1020. The summed E-state index contributed by atoms with van der Waals surface area (Å²) in [5, 5.41) is 14.3. The molecule has 28 heavy (non-hydrogen) atoms. The maximum atomic E-state index is 12.4. The van der Waals surface area contributed by atoms with Crippen molar-refractivity contribution < 1.29 is 14.3 Å². The average molecular weight is 376 g/mol. The van der Waals surface area contributed by atoms with E-state index < -0.39 is 0 Å². The first kappa shape index (κ1) is 17.8. The van der Waals surface area contributed by atoms with E-state index in [0.29, 0.717) is 23.0 Å². The molecule has 0 spiro atoms. The lowest BCUT2D eigenvalue weighted by Gasteiger charge is -2.13. The summed E-state index contributed by atoms with van der Waals surface area (Å²) in [6.07, 6.45) is 0.910. The van der Waals surface area contributed by atoms with Crippen molar-refractivity contribution in [1.29, 1.82) is 0 Å². The van der Waals surface area contributed by atoms with Crippen LogP contribution in [0.25, 0.3) is 0 Å². The van der Waals surface area contributed by atoms with Crippen molar-refractivity contribution in [1.82, 2.24) is 10.2 Å². The topological polar surface area (TPSA) is 85.4 Å². The molecule has 1 aliphatic heterocycles. The van der Waals surface area contributed by atoms with E-state index in [9.17, 15) is 4.79 Å². The SMILES string of the molecule is CCc1cccc(C)c1Nc1ccc(C(=O)Nc2ccc3c(c2)OCO3)nn1. The summed E-state index contributed by atoms with van der Waals surface area (Å²) in [6.45, 7) is 4.34. The van der Waals surface area contributed by atoms with Crippen molar-refractivity contribution in [2.45, 2.75) is 20.3 Å². The third-order valence-electron chi connectivity index (χ3n) is 4.52. The lowest BCUT2D eigenvalue weighted by atomic mass is 10.1. The van der Waals surface area contributed by atoms with E-state index in [2.05, 4.69) is 33.8 Å². The van der Waals surface area contributed by atoms with Crippen LogP contribution in [0.2, 0.25) is 0 Å². The fraction of sp³-hybridized carbons (Fsp3) is 0.190. The predicted molar refractivity (Wildman–Crippen MR) is 106 cm³/mol. The zero-order valence-electron chi connectivity index (χ0n) is 15.7. The Labute approximate surface area is 162 Å². The second-order valence-corrected chi connectivity index (χ2v) is 6.41. The number of rotatable bonds is 5. The average Bonchev–Trinajstić information content (AvgIpc) is 3.18. The number of aryl methyl sites for hydroxylation is 2. The summed E-state index contributed by atoms with van der Waals surface area (Å²) in [5.74, 6) is 1.51. The molecule has 0 aliphatic carbocycles. The van der Waals surface area contributed by atoms with E-state index in [1.165, 1.54) is 5.56 Å². The Morgan fingerprint density at radius 2 is 1.93 bits per heavy atom. The number of carbonyl (C=O) groups is 1. The lowest BCUT2D eigenvalue weighted by molar-refractivity contribution is 0.102. The molecule has 0 unspecified atom stereocenters. The molecule has 3 aromatic rings. The van der Waals surface area contributed by atoms with Crippen LogP contribution in [0.3, 0.4) is 0 Å². The number of ether oxygens (including phenoxy) is 2. The highest BCUT2D eigenvalue weighted by Gasteiger charge is 2.15. The number of fused-ring (bicyclic) bond motifs is 1. The molecular formula is C21H20N4O3. The number of anilines is 3. The summed E-state index contributed by atoms with van der Waals surface area (Å²) < 4.78 is 10.6. The van der Waals surface area contributed by atoms with Gasteiger partial charge in [0.05, 0.1) is 0 Å². The number of nitrogens with one attached hydrogen (secondary N) is 2. The van der Waals surface area contributed by atoms with Gasteiger partial charge in [0.15, 0.2) is 23.0 Å². The second kappa shape index (κ2) is 7.56. The van der Waals surface area contributed by atoms with Crippen LogP contribution in [0.5, 0.6) is 11.5 Å². The fourth-order valence-corrected chi connectivity index (χ4v) is 3.02. The zero-order valence-corrected chi connectivity index (χ0v) is 15.7. The van der Waals surface area contributed by atoms with Crippen LogP contribution in [0, 0.1) is 6.92 Å². The number of nitrogens with zero attached hydrogens (tertiary/aromatic N) is 2. The summed E-state index contributed by atoms with van der Waals surface area (Å²) in [5.41, 5.74) is 4.18. The van der Waals surface area contributed by atoms with Crippen molar-refractivity contribution >= 4 is 23.1 Å². The van der Waals surface area contributed by atoms with Crippen LogP contribution in [0.4, 0.5) is 17.2 Å². The molecule has 2 aromatic carbocycles. The lowest BCUT2D eigenvalue weighted by Crippen LogP contribution is -2.14. The predicted octanol–water partition coefficient (Wildman–Crippen LogP) is 4.07. The molecule has 2 heterocycles. The Balaban J connectivity index is 1.46. The molecule has 7 heteroatoms. The number of benzene rings is 2. The van der Waals surface area contributed by atoms with Gasteiger partial charge in [-0.15, -0.1) is 10.2 Å². The highest BCUT2D eigenvalue weighted by molar-refractivity contribution is 6.03. The number of amides is 1. The number of hydrogen-bond acceptors (Lipinski definition) is 6. The van der Waals surface area contributed by atoms with Gasteiger partial charge in [-0.25, -0.2) is 0 Å². The van der Waals surface area contributed by atoms with Crippen molar-refractivity contribution in [3.05, 3.63) is 65.4 Å². The highest BCUT2D eigenvalue weighted by atomic mass is 16.7. The Kier molecular flexibility index (Phi) is 4.80. The van der Waals surface area contributed by atoms with Crippen LogP contribution in [0.15, 0.2) is 48.5 Å². The molecular weight excluding hydrogens is 356 g/mol. The van der Waals surface area contributed by atoms with Gasteiger partial charge in [-0.1, -0.05) is 25.1 Å². The minimum Gasteiger partial charge on any atom is -0.454 e. The first-order valence-corrected chi connectivity index (χ1v) is 9.04. The van der Waals surface area contributed by atoms with Crippen LogP contribution < -0.4 is 20.1 Å². The van der Waals surface area contributed by atoms with Crippen LogP contribution in [0.1, 0.15) is 28.5 Å². The zero-order chi connectivity index (χ0) is 19.5. The molecule has 7 nitrogen and oxygen atoms in total. The van der Waals surface area contributed by atoms with Gasteiger partial charge in [0, 0.05) is 17.4 Å². The van der Waals surface area contributed by atoms with E-state index >= 15 is 0 Å². The van der Waals surface area contributed by atoms with E-state index in [4.69, 9.17) is 9.47 Å². The number of aromatic nitrogens is 2. The Morgan fingerprint density at radius 1 is 1.07 bits per heavy atom. The summed E-state index contributed by atoms with van der Waals surface area (Å²) in [7, 11) is 0. The summed E-state index contributed by atoms with van der Waals surface area (Å²) in [4.78, 5) is 12.4. The highest BCUT2D eigenvalue weighted by Crippen LogP contribution is 2.34. The number of carbonyl (C=O) groups excluding carboxylic acids is 1. The summed E-state index contributed by atoms with van der Waals surface area (Å²) in [6, 6.07) is 14.8. The van der Waals surface area contributed by atoms with E-state index in [-0.39, 0.29) is 18.4 Å². The fourth-order valence-electron chi connectivity index (χ4n) is 3.02. The number of hydrogen-bond donors (Lipinski definition) is 2. The molecule has 0 bridgehead atoms. The van der Waals surface area contributed by atoms with Crippen molar-refractivity contribution in [2.24, 2.45) is 0 Å². The van der Waals surface area contributed by atoms with Crippen molar-refractivity contribution in [2.75, 3.05) is 17.4 Å². The van der Waals surface area contributed by atoms with Gasteiger partial charge >= 0.3 is 0 Å². The van der Waals surface area contributed by atoms with Gasteiger partial charge in [-0.2, -0.15) is 0 Å². The van der Waals surface area contributed by atoms with E-state index in [0.717, 1.165) is 17.7 Å². The van der Waals surface area contributed by atoms with Gasteiger partial charge in [-0.05, 0) is 48.7 Å². The number of para-hydroxylation sites is 1. The summed E-state index contributed by atoms with van der Waals surface area (Å²) >= 11 is 0. The van der Waals surface area contributed by atoms with Gasteiger partial charge in [0.1, 0.15) is 0 Å². The third kappa shape index (κ3) is 3.59. The molecule has 0 atom stereocenters. The smallest absolute Gasteiger partial charge is 0.276 e. The molecule has 1 aromatic heterocycles. The largest absolute Gasteiger partial charge is 0.454 e. The minimum absolute atomic E-state index is 0.188. The maximum Gasteiger partial charge on any atom is 0.276 e. The molecule has 0 saturated carbocycles. The van der Waals surface area contributed by atoms with Gasteiger partial charge < -0.3 is 20.1 Å². The maximum absolute atomic E-state index is 12.4. The standard InChI is InChI=1S/C21H20N4O3/c1-3-14-6-4-5-13(2)20(14)23-19-10-8-16(24-25-19)21(26)22-15-7-9-17-18(11-15)28-12-27-17/h4-11H,3,12H2,1-2H3,(H,22,26)(H,23,25). The molecule has 0 fully saturated rings. The molecule has 4 rings (SSSR count). The van der Waals surface area contributed by atoms with Crippen LogP contribution in [-0.2, 0) is 6.42 Å². The molecule has 0 radical (unpaired) electrons. The monoisotopic (exact) mass is 376 g/mol. The first-order valence-electron chi connectivity index (χ1n) is 9.04. The van der Waals surface area contributed by atoms with E-state index in [1.807, 2.05) is 19.1 Å². The first-order chi connectivity index (χ1) is 13.6. The molecule has 0 saturated heterocycles. The molecule has 142 valence electrons. The minimum atomic E-state index is -0.344. The van der Waals surface area contributed by atoms with Gasteiger partial charge in [0.25, 0.3) is 5.91 Å². The van der Waals surface area contributed by atoms with Crippen molar-refractivity contribution in [3.63, 3.8) is 0 Å². The van der Waals surface area contributed by atoms with Gasteiger partial charge in [0.2, 0.25) is 6.79 Å². The third-order valence-corrected chi connectivity index (χ3v) is 4.52.